The summed E-state index contributed by atoms with van der Waals surface area (Å²) in [6.07, 6.45) is 6.56. The van der Waals surface area contributed by atoms with Gasteiger partial charge >= 0.3 is 0 Å². The van der Waals surface area contributed by atoms with Crippen LogP contribution in [-0.2, 0) is 9.59 Å². The van der Waals surface area contributed by atoms with Crippen LogP contribution >= 0.6 is 0 Å². The Kier molecular flexibility index (Phi) is 3.27. The van der Waals surface area contributed by atoms with Crippen molar-refractivity contribution < 1.29 is 9.59 Å². The van der Waals surface area contributed by atoms with E-state index in [2.05, 4.69) is 9.89 Å². The topological polar surface area (TPSA) is 82.2 Å². The first-order chi connectivity index (χ1) is 10.6. The van der Waals surface area contributed by atoms with E-state index in [1.54, 1.807) is 11.0 Å². The van der Waals surface area contributed by atoms with Gasteiger partial charge in [0.15, 0.2) is 0 Å². The van der Waals surface area contributed by atoms with E-state index in [0.717, 1.165) is 32.5 Å². The Morgan fingerprint density at radius 2 is 2.00 bits per heavy atom. The number of likely N-dealkylation sites (tertiary alicyclic amines) is 1. The first-order valence-electron chi connectivity index (χ1n) is 7.96. The summed E-state index contributed by atoms with van der Waals surface area (Å²) in [6, 6.07) is 0.227. The fourth-order valence-corrected chi connectivity index (χ4v) is 3.97. The second-order valence-electron chi connectivity index (χ2n) is 6.57. The number of hydrogen-bond acceptors (Lipinski definition) is 5. The van der Waals surface area contributed by atoms with Gasteiger partial charge in [0, 0.05) is 25.2 Å². The molecule has 4 heterocycles. The summed E-state index contributed by atoms with van der Waals surface area (Å²) in [4.78, 5) is 34.7. The molecule has 4 aliphatic heterocycles. The summed E-state index contributed by atoms with van der Waals surface area (Å²) in [5, 5.41) is 0. The third-order valence-corrected chi connectivity index (χ3v) is 5.14. The van der Waals surface area contributed by atoms with Crippen LogP contribution in [-0.4, -0.2) is 83.2 Å². The van der Waals surface area contributed by atoms with Crippen LogP contribution in [0.25, 0.3) is 0 Å². The van der Waals surface area contributed by atoms with Crippen LogP contribution in [0.1, 0.15) is 12.8 Å². The van der Waals surface area contributed by atoms with Crippen LogP contribution in [0.15, 0.2) is 17.1 Å². The molecular formula is C15H21N5O2. The molecule has 0 aliphatic carbocycles. The van der Waals surface area contributed by atoms with Crippen molar-refractivity contribution in [3.63, 3.8) is 0 Å². The van der Waals surface area contributed by atoms with Gasteiger partial charge in [-0.25, -0.2) is 0 Å². The molecule has 3 atom stereocenters. The number of nitrogens with zero attached hydrogens (tertiary/aromatic N) is 4. The molecule has 2 N–H and O–H groups in total. The molecule has 0 aromatic heterocycles. The Bertz CT molecular complexity index is 552. The number of carbonyl (C=O) groups is 2. The highest BCUT2D eigenvalue weighted by Crippen LogP contribution is 2.31. The van der Waals surface area contributed by atoms with Gasteiger partial charge in [0.25, 0.3) is 5.91 Å². The lowest BCUT2D eigenvalue weighted by Crippen LogP contribution is -2.56. The molecule has 3 unspecified atom stereocenters. The molecule has 2 fully saturated rings. The Balaban J connectivity index is 1.54. The molecule has 0 aromatic rings. The summed E-state index contributed by atoms with van der Waals surface area (Å²) in [5.41, 5.74) is 5.95. The molecule has 2 saturated heterocycles. The molecular weight excluding hydrogens is 282 g/mol. The Morgan fingerprint density at radius 1 is 1.23 bits per heavy atom. The van der Waals surface area contributed by atoms with Crippen LogP contribution in [0, 0.1) is 0 Å². The van der Waals surface area contributed by atoms with Gasteiger partial charge in [-0.3, -0.25) is 14.6 Å². The van der Waals surface area contributed by atoms with Gasteiger partial charge in [-0.1, -0.05) is 6.08 Å². The van der Waals surface area contributed by atoms with Crippen molar-refractivity contribution >= 4 is 18.0 Å². The highest BCUT2D eigenvalue weighted by molar-refractivity contribution is 6.27. The molecule has 0 spiro atoms. The minimum absolute atomic E-state index is 0.00707. The summed E-state index contributed by atoms with van der Waals surface area (Å²) in [7, 11) is 0. The van der Waals surface area contributed by atoms with E-state index in [1.807, 2.05) is 11.0 Å². The Labute approximate surface area is 129 Å². The number of aliphatic imine (C=N–C) groups is 1. The minimum atomic E-state index is -0.230. The van der Waals surface area contributed by atoms with Crippen molar-refractivity contribution in [3.8, 4) is 0 Å². The highest BCUT2D eigenvalue weighted by Gasteiger charge is 2.50. The zero-order valence-corrected chi connectivity index (χ0v) is 12.5. The maximum Gasteiger partial charge on any atom is 0.266 e. The summed E-state index contributed by atoms with van der Waals surface area (Å²) in [6.45, 7) is 3.34. The average molecular weight is 303 g/mol. The maximum atomic E-state index is 12.3. The predicted molar refractivity (Wildman–Crippen MR) is 81.2 cm³/mol. The fraction of sp³-hybridized carbons (Fsp3) is 0.667. The molecule has 0 radical (unpaired) electrons. The van der Waals surface area contributed by atoms with Gasteiger partial charge in [0.1, 0.15) is 12.2 Å². The summed E-state index contributed by atoms with van der Waals surface area (Å²) in [5.74, 6) is -0.0927. The molecule has 7 nitrogen and oxygen atoms in total. The average Bonchev–Trinajstić information content (AvgIpc) is 2.89. The minimum Gasteiger partial charge on any atom is -0.328 e. The summed E-state index contributed by atoms with van der Waals surface area (Å²) < 4.78 is 0. The van der Waals surface area contributed by atoms with E-state index in [0.29, 0.717) is 12.6 Å². The molecule has 7 heteroatoms. The van der Waals surface area contributed by atoms with Crippen LogP contribution in [0.3, 0.4) is 0 Å². The number of piperidine rings is 1. The number of nitrogens with two attached hydrogens (primary N) is 1. The van der Waals surface area contributed by atoms with Crippen molar-refractivity contribution in [3.05, 3.63) is 12.2 Å². The van der Waals surface area contributed by atoms with Gasteiger partial charge < -0.3 is 20.4 Å². The van der Waals surface area contributed by atoms with Crippen LogP contribution in [0.5, 0.6) is 0 Å². The normalized spacial score (nSPS) is 35.4. The fourth-order valence-electron chi connectivity index (χ4n) is 3.97. The first-order valence-corrected chi connectivity index (χ1v) is 7.96. The zero-order chi connectivity index (χ0) is 15.3. The van der Waals surface area contributed by atoms with E-state index < -0.39 is 0 Å². The van der Waals surface area contributed by atoms with E-state index in [-0.39, 0.29) is 30.1 Å². The molecule has 4 aliphatic rings. The SMILES string of the molecule is NC1CCN(CC2CN3C(=O)C=NC4C=CC(=O)N2C43)CC1. The first kappa shape index (κ1) is 13.9. The Hall–Kier alpha value is -1.73. The van der Waals surface area contributed by atoms with Crippen molar-refractivity contribution in [1.82, 2.24) is 14.7 Å². The van der Waals surface area contributed by atoms with Crippen LogP contribution in [0.4, 0.5) is 0 Å². The second-order valence-corrected chi connectivity index (χ2v) is 6.57. The number of rotatable bonds is 2. The van der Waals surface area contributed by atoms with Crippen molar-refractivity contribution in [1.29, 1.82) is 0 Å². The molecule has 22 heavy (non-hydrogen) atoms. The molecule has 4 rings (SSSR count). The van der Waals surface area contributed by atoms with Crippen LogP contribution in [0.2, 0.25) is 0 Å². The van der Waals surface area contributed by atoms with E-state index >= 15 is 0 Å². The Morgan fingerprint density at radius 3 is 2.77 bits per heavy atom. The van der Waals surface area contributed by atoms with E-state index in [1.165, 1.54) is 6.21 Å². The van der Waals surface area contributed by atoms with E-state index in [9.17, 15) is 9.59 Å². The molecule has 118 valence electrons. The highest BCUT2D eigenvalue weighted by atomic mass is 16.2. The van der Waals surface area contributed by atoms with Crippen LogP contribution < -0.4 is 5.73 Å². The van der Waals surface area contributed by atoms with Gasteiger partial charge in [-0.15, -0.1) is 0 Å². The third-order valence-electron chi connectivity index (χ3n) is 5.14. The standard InChI is InChI=1S/C15H21N5O2/c16-10-3-5-18(6-4-10)8-11-9-19-14(22)7-17-12-1-2-13(21)20(11)15(12)19/h1-2,7,10-12,15H,3-6,8-9,16H2. The van der Waals surface area contributed by atoms with Gasteiger partial charge in [-0.2, -0.15) is 0 Å². The summed E-state index contributed by atoms with van der Waals surface area (Å²) >= 11 is 0. The molecule has 0 aromatic carbocycles. The quantitative estimate of drug-likeness (QED) is 0.694. The molecule has 0 bridgehead atoms. The van der Waals surface area contributed by atoms with Gasteiger partial charge in [0.2, 0.25) is 5.91 Å². The van der Waals surface area contributed by atoms with Crippen molar-refractivity contribution in [2.24, 2.45) is 10.7 Å². The third kappa shape index (κ3) is 2.16. The zero-order valence-electron chi connectivity index (χ0n) is 12.5. The maximum absolute atomic E-state index is 12.3. The number of carbonyl (C=O) groups excluding carboxylic acids is 2. The molecule has 2 amide bonds. The van der Waals surface area contributed by atoms with Gasteiger partial charge in [-0.05, 0) is 25.9 Å². The predicted octanol–water partition coefficient (Wildman–Crippen LogP) is -1.20. The smallest absolute Gasteiger partial charge is 0.266 e. The lowest BCUT2D eigenvalue weighted by Gasteiger charge is -2.39. The number of hydrogen-bond donors (Lipinski definition) is 1. The lowest BCUT2D eigenvalue weighted by molar-refractivity contribution is -0.135. The van der Waals surface area contributed by atoms with Crippen molar-refractivity contribution in [2.75, 3.05) is 26.2 Å². The van der Waals surface area contributed by atoms with Crippen molar-refractivity contribution in [2.45, 2.75) is 37.1 Å². The number of amides is 2. The molecule has 0 saturated carbocycles. The lowest BCUT2D eigenvalue weighted by atomic mass is 10.0. The monoisotopic (exact) mass is 303 g/mol. The van der Waals surface area contributed by atoms with E-state index in [4.69, 9.17) is 5.73 Å². The second kappa shape index (κ2) is 5.17. The largest absolute Gasteiger partial charge is 0.328 e. The van der Waals surface area contributed by atoms with Gasteiger partial charge in [0.05, 0.1) is 12.3 Å².